The van der Waals surface area contributed by atoms with Gasteiger partial charge in [0, 0.05) is 0 Å². The highest BCUT2D eigenvalue weighted by atomic mass is 16.5. The van der Waals surface area contributed by atoms with Gasteiger partial charge in [-0.15, -0.1) is 0 Å². The molecule has 1 heterocycles. The maximum Gasteiger partial charge on any atom is 0.0684 e. The van der Waals surface area contributed by atoms with Gasteiger partial charge in [0.25, 0.3) is 0 Å². The van der Waals surface area contributed by atoms with Crippen molar-refractivity contribution < 1.29 is 4.74 Å². The molecule has 0 bridgehead atoms. The Hall–Kier alpha value is -0.560. The van der Waals surface area contributed by atoms with Crippen molar-refractivity contribution in [2.24, 2.45) is 0 Å². The highest BCUT2D eigenvalue weighted by Gasteiger charge is 2.00. The lowest BCUT2D eigenvalue weighted by molar-refractivity contribution is 0.207. The van der Waals surface area contributed by atoms with Gasteiger partial charge >= 0.3 is 0 Å². The first kappa shape index (κ1) is 5.57. The standard InChI is InChI=1S/C7H9O/c1-2-3-7-4-5-8-6-7/h1-2,4H,3,5-6H2. The van der Waals surface area contributed by atoms with Crippen molar-refractivity contribution in [2.45, 2.75) is 6.42 Å². The molecule has 0 N–H and O–H groups in total. The van der Waals surface area contributed by atoms with Crippen LogP contribution in [0.25, 0.3) is 0 Å². The first-order valence-electron chi connectivity index (χ1n) is 2.72. The topological polar surface area (TPSA) is 9.23 Å². The molecule has 1 radical (unpaired) electrons. The van der Waals surface area contributed by atoms with Crippen LogP contribution in [0.1, 0.15) is 6.42 Å². The molecule has 0 saturated carbocycles. The molecule has 0 aromatic carbocycles. The summed E-state index contributed by atoms with van der Waals surface area (Å²) in [5, 5.41) is 0. The van der Waals surface area contributed by atoms with E-state index in [0.29, 0.717) is 0 Å². The summed E-state index contributed by atoms with van der Waals surface area (Å²) < 4.78 is 5.04. The van der Waals surface area contributed by atoms with Crippen LogP contribution in [0.15, 0.2) is 17.7 Å². The fourth-order valence-corrected chi connectivity index (χ4v) is 0.719. The molecule has 0 spiro atoms. The normalized spacial score (nSPS) is 18.2. The van der Waals surface area contributed by atoms with E-state index < -0.39 is 0 Å². The number of allylic oxidation sites excluding steroid dienone is 1. The SMILES string of the molecule is [CH]=CCC1=CCOC1. The van der Waals surface area contributed by atoms with Gasteiger partial charge < -0.3 is 4.74 Å². The molecular weight excluding hydrogens is 100 g/mol. The highest BCUT2D eigenvalue weighted by molar-refractivity contribution is 5.09. The summed E-state index contributed by atoms with van der Waals surface area (Å²) in [5.74, 6) is 0. The van der Waals surface area contributed by atoms with Crippen molar-refractivity contribution in [2.75, 3.05) is 13.2 Å². The fraction of sp³-hybridized carbons (Fsp3) is 0.429. The zero-order valence-corrected chi connectivity index (χ0v) is 4.76. The van der Waals surface area contributed by atoms with Gasteiger partial charge in [-0.1, -0.05) is 18.7 Å². The van der Waals surface area contributed by atoms with E-state index in [2.05, 4.69) is 6.08 Å². The van der Waals surface area contributed by atoms with Gasteiger partial charge in [0.15, 0.2) is 0 Å². The Morgan fingerprint density at radius 3 is 3.25 bits per heavy atom. The monoisotopic (exact) mass is 109 g/mol. The zero-order valence-electron chi connectivity index (χ0n) is 4.76. The molecule has 8 heavy (non-hydrogen) atoms. The molecule has 1 aliphatic heterocycles. The summed E-state index contributed by atoms with van der Waals surface area (Å²) in [4.78, 5) is 0. The lowest BCUT2D eigenvalue weighted by Crippen LogP contribution is -1.84. The Morgan fingerprint density at radius 1 is 1.88 bits per heavy atom. The van der Waals surface area contributed by atoms with Gasteiger partial charge in [-0.3, -0.25) is 0 Å². The van der Waals surface area contributed by atoms with Gasteiger partial charge in [0.05, 0.1) is 13.2 Å². The van der Waals surface area contributed by atoms with Crippen LogP contribution in [-0.4, -0.2) is 13.2 Å². The van der Waals surface area contributed by atoms with E-state index in [1.54, 1.807) is 6.08 Å². The van der Waals surface area contributed by atoms with Crippen LogP contribution in [0.3, 0.4) is 0 Å². The summed E-state index contributed by atoms with van der Waals surface area (Å²) >= 11 is 0. The number of rotatable bonds is 2. The van der Waals surface area contributed by atoms with E-state index in [-0.39, 0.29) is 0 Å². The van der Waals surface area contributed by atoms with Crippen LogP contribution in [0, 0.1) is 6.58 Å². The van der Waals surface area contributed by atoms with Crippen molar-refractivity contribution >= 4 is 0 Å². The number of ether oxygens (including phenoxy) is 1. The first-order chi connectivity index (χ1) is 3.93. The van der Waals surface area contributed by atoms with E-state index >= 15 is 0 Å². The maximum atomic E-state index is 5.19. The average molecular weight is 109 g/mol. The maximum absolute atomic E-state index is 5.19. The molecular formula is C7H9O. The van der Waals surface area contributed by atoms with Crippen molar-refractivity contribution in [1.82, 2.24) is 0 Å². The Balaban J connectivity index is 2.33. The second-order valence-electron chi connectivity index (χ2n) is 1.82. The summed E-state index contributed by atoms with van der Waals surface area (Å²) in [6, 6.07) is 0. The third-order valence-corrected chi connectivity index (χ3v) is 1.16. The molecule has 0 aromatic rings. The Morgan fingerprint density at radius 2 is 2.75 bits per heavy atom. The smallest absolute Gasteiger partial charge is 0.0684 e. The largest absolute Gasteiger partial charge is 0.373 e. The van der Waals surface area contributed by atoms with Gasteiger partial charge in [0.2, 0.25) is 0 Å². The summed E-state index contributed by atoms with van der Waals surface area (Å²) in [6.07, 6.45) is 4.60. The Kier molecular flexibility index (Phi) is 1.86. The first-order valence-corrected chi connectivity index (χ1v) is 2.72. The van der Waals surface area contributed by atoms with Crippen LogP contribution in [0.5, 0.6) is 0 Å². The highest BCUT2D eigenvalue weighted by Crippen LogP contribution is 2.07. The fourth-order valence-electron chi connectivity index (χ4n) is 0.719. The molecule has 1 aliphatic rings. The Labute approximate surface area is 49.7 Å². The molecule has 0 saturated heterocycles. The lowest BCUT2D eigenvalue weighted by Gasteiger charge is -1.90. The molecule has 43 valence electrons. The number of hydrogen-bond acceptors (Lipinski definition) is 1. The van der Waals surface area contributed by atoms with E-state index in [1.165, 1.54) is 5.57 Å². The van der Waals surface area contributed by atoms with E-state index in [9.17, 15) is 0 Å². The van der Waals surface area contributed by atoms with Crippen molar-refractivity contribution in [3.8, 4) is 0 Å². The lowest BCUT2D eigenvalue weighted by atomic mass is 10.2. The zero-order chi connectivity index (χ0) is 5.82. The minimum Gasteiger partial charge on any atom is -0.373 e. The molecule has 0 unspecified atom stereocenters. The quantitative estimate of drug-likeness (QED) is 0.486. The summed E-state index contributed by atoms with van der Waals surface area (Å²) in [5.41, 5.74) is 1.30. The van der Waals surface area contributed by atoms with Crippen molar-refractivity contribution in [3.63, 3.8) is 0 Å². The molecule has 0 amide bonds. The second-order valence-corrected chi connectivity index (χ2v) is 1.82. The Bertz CT molecular complexity index is 114. The van der Waals surface area contributed by atoms with E-state index in [1.807, 2.05) is 0 Å². The van der Waals surface area contributed by atoms with Crippen LogP contribution in [0.4, 0.5) is 0 Å². The summed E-state index contributed by atoms with van der Waals surface area (Å²) in [7, 11) is 0. The molecule has 1 nitrogen and oxygen atoms in total. The molecule has 1 rings (SSSR count). The minimum absolute atomic E-state index is 0.767. The summed E-state index contributed by atoms with van der Waals surface area (Å²) in [6.45, 7) is 6.73. The van der Waals surface area contributed by atoms with Crippen LogP contribution < -0.4 is 0 Å². The molecule has 0 atom stereocenters. The van der Waals surface area contributed by atoms with Crippen LogP contribution in [-0.2, 0) is 4.74 Å². The molecule has 0 aromatic heterocycles. The average Bonchev–Trinajstić information content (AvgIpc) is 2.19. The second kappa shape index (κ2) is 2.68. The predicted molar refractivity (Wildman–Crippen MR) is 32.4 cm³/mol. The van der Waals surface area contributed by atoms with Crippen LogP contribution >= 0.6 is 0 Å². The van der Waals surface area contributed by atoms with Gasteiger partial charge in [-0.25, -0.2) is 0 Å². The van der Waals surface area contributed by atoms with Gasteiger partial charge in [-0.05, 0) is 12.0 Å². The number of hydrogen-bond donors (Lipinski definition) is 0. The van der Waals surface area contributed by atoms with Gasteiger partial charge in [0.1, 0.15) is 0 Å². The molecule has 0 fully saturated rings. The van der Waals surface area contributed by atoms with Crippen LogP contribution in [0.2, 0.25) is 0 Å². The van der Waals surface area contributed by atoms with E-state index in [0.717, 1.165) is 19.6 Å². The minimum atomic E-state index is 0.767. The predicted octanol–water partition coefficient (Wildman–Crippen LogP) is 1.32. The van der Waals surface area contributed by atoms with Crippen molar-refractivity contribution in [3.05, 3.63) is 24.3 Å². The molecule has 0 aliphatic carbocycles. The van der Waals surface area contributed by atoms with E-state index in [4.69, 9.17) is 11.3 Å². The third kappa shape index (κ3) is 1.20. The molecule has 1 heteroatoms. The van der Waals surface area contributed by atoms with Crippen molar-refractivity contribution in [1.29, 1.82) is 0 Å². The van der Waals surface area contributed by atoms with Gasteiger partial charge in [-0.2, -0.15) is 0 Å². The third-order valence-electron chi connectivity index (χ3n) is 1.16.